The molecule has 1 amide bonds. The number of nitrogens with zero attached hydrogens (tertiary/aromatic N) is 2. The van der Waals surface area contributed by atoms with Gasteiger partial charge in [0, 0.05) is 12.4 Å². The molecule has 92 valence electrons. The SMILES string of the molecule is CCOC(=O)C1=CC=NN(C(=O)OCC)C=C1. The van der Waals surface area contributed by atoms with Gasteiger partial charge in [0.2, 0.25) is 0 Å². The molecule has 0 N–H and O–H groups in total. The number of hydrogen-bond donors (Lipinski definition) is 0. The quantitative estimate of drug-likeness (QED) is 0.698. The van der Waals surface area contributed by atoms with Gasteiger partial charge in [0.05, 0.1) is 18.8 Å². The second-order valence-electron chi connectivity index (χ2n) is 2.97. The van der Waals surface area contributed by atoms with E-state index >= 15 is 0 Å². The zero-order valence-electron chi connectivity index (χ0n) is 9.75. The van der Waals surface area contributed by atoms with Crippen molar-refractivity contribution in [3.63, 3.8) is 0 Å². The third-order valence-electron chi connectivity index (χ3n) is 1.81. The lowest BCUT2D eigenvalue weighted by molar-refractivity contribution is -0.138. The van der Waals surface area contributed by atoms with Crippen molar-refractivity contribution in [2.24, 2.45) is 5.10 Å². The predicted octanol–water partition coefficient (Wildman–Crippen LogP) is 1.45. The Morgan fingerprint density at radius 1 is 1.29 bits per heavy atom. The minimum absolute atomic E-state index is 0.261. The van der Waals surface area contributed by atoms with Crippen LogP contribution < -0.4 is 0 Å². The first-order chi connectivity index (χ1) is 8.19. The van der Waals surface area contributed by atoms with Gasteiger partial charge in [0.1, 0.15) is 0 Å². The normalized spacial score (nSPS) is 14.0. The van der Waals surface area contributed by atoms with Crippen molar-refractivity contribution < 1.29 is 19.1 Å². The van der Waals surface area contributed by atoms with E-state index in [1.54, 1.807) is 13.8 Å². The lowest BCUT2D eigenvalue weighted by Crippen LogP contribution is -2.21. The molecule has 1 heterocycles. The van der Waals surface area contributed by atoms with Gasteiger partial charge in [-0.3, -0.25) is 0 Å². The number of ether oxygens (including phenoxy) is 2. The molecule has 0 saturated carbocycles. The molecule has 0 aromatic carbocycles. The van der Waals surface area contributed by atoms with Gasteiger partial charge in [-0.05, 0) is 26.0 Å². The number of esters is 1. The van der Waals surface area contributed by atoms with E-state index in [9.17, 15) is 9.59 Å². The monoisotopic (exact) mass is 238 g/mol. The maximum absolute atomic E-state index is 11.4. The summed E-state index contributed by atoms with van der Waals surface area (Å²) in [6, 6.07) is 0. The second-order valence-corrected chi connectivity index (χ2v) is 2.97. The summed E-state index contributed by atoms with van der Waals surface area (Å²) in [5.41, 5.74) is 0.322. The molecule has 0 aromatic heterocycles. The van der Waals surface area contributed by atoms with E-state index < -0.39 is 12.1 Å². The Morgan fingerprint density at radius 2 is 2.00 bits per heavy atom. The van der Waals surface area contributed by atoms with Crippen molar-refractivity contribution in [3.05, 3.63) is 23.9 Å². The second kappa shape index (κ2) is 6.47. The summed E-state index contributed by atoms with van der Waals surface area (Å²) >= 11 is 0. The molecule has 0 bridgehead atoms. The van der Waals surface area contributed by atoms with Crippen LogP contribution in [-0.4, -0.2) is 36.5 Å². The van der Waals surface area contributed by atoms with Crippen molar-refractivity contribution in [1.29, 1.82) is 0 Å². The van der Waals surface area contributed by atoms with Crippen molar-refractivity contribution >= 4 is 18.3 Å². The van der Waals surface area contributed by atoms with Crippen molar-refractivity contribution in [3.8, 4) is 0 Å². The number of amides is 1. The highest BCUT2D eigenvalue weighted by Crippen LogP contribution is 2.07. The third-order valence-corrected chi connectivity index (χ3v) is 1.81. The van der Waals surface area contributed by atoms with Crippen molar-refractivity contribution in [1.82, 2.24) is 5.01 Å². The van der Waals surface area contributed by atoms with Gasteiger partial charge in [-0.15, -0.1) is 0 Å². The van der Waals surface area contributed by atoms with E-state index in [0.29, 0.717) is 12.2 Å². The topological polar surface area (TPSA) is 68.2 Å². The molecule has 0 unspecified atom stereocenters. The van der Waals surface area contributed by atoms with Crippen LogP contribution in [0.2, 0.25) is 0 Å². The van der Waals surface area contributed by atoms with Gasteiger partial charge in [-0.2, -0.15) is 10.1 Å². The van der Waals surface area contributed by atoms with Gasteiger partial charge in [-0.1, -0.05) is 0 Å². The molecule has 0 aliphatic carbocycles. The van der Waals surface area contributed by atoms with E-state index in [2.05, 4.69) is 5.10 Å². The lowest BCUT2D eigenvalue weighted by Gasteiger charge is -2.09. The van der Waals surface area contributed by atoms with E-state index in [-0.39, 0.29) is 6.61 Å². The highest BCUT2D eigenvalue weighted by Gasteiger charge is 2.13. The number of carbonyl (C=O) groups excluding carboxylic acids is 2. The Balaban J connectivity index is 2.70. The van der Waals surface area contributed by atoms with Crippen LogP contribution in [0.1, 0.15) is 13.8 Å². The standard InChI is InChI=1S/C11H14N2O4/c1-3-16-10(14)9-5-7-12-13(8-6-9)11(15)17-4-2/h5-8H,3-4H2,1-2H3. The van der Waals surface area contributed by atoms with Crippen LogP contribution in [0.15, 0.2) is 29.0 Å². The fourth-order valence-electron chi connectivity index (χ4n) is 1.08. The third kappa shape index (κ3) is 3.75. The number of hydrazone groups is 1. The molecule has 6 heteroatoms. The molecule has 6 nitrogen and oxygen atoms in total. The number of carbonyl (C=O) groups is 2. The molecule has 1 aliphatic rings. The fraction of sp³-hybridized carbons (Fsp3) is 0.364. The Morgan fingerprint density at radius 3 is 2.65 bits per heavy atom. The number of hydrogen-bond acceptors (Lipinski definition) is 5. The first-order valence-electron chi connectivity index (χ1n) is 5.24. The Hall–Kier alpha value is -2.11. The van der Waals surface area contributed by atoms with Gasteiger partial charge in [-0.25, -0.2) is 9.59 Å². The summed E-state index contributed by atoms with van der Waals surface area (Å²) in [5.74, 6) is -0.457. The minimum Gasteiger partial charge on any atom is -0.462 e. The zero-order valence-corrected chi connectivity index (χ0v) is 9.75. The largest absolute Gasteiger partial charge is 0.462 e. The molecule has 0 saturated heterocycles. The molecule has 0 fully saturated rings. The molecule has 0 atom stereocenters. The predicted molar refractivity (Wildman–Crippen MR) is 61.2 cm³/mol. The van der Waals surface area contributed by atoms with Crippen LogP contribution in [0.5, 0.6) is 0 Å². The molecule has 0 aromatic rings. The van der Waals surface area contributed by atoms with Crippen molar-refractivity contribution in [2.75, 3.05) is 13.2 Å². The summed E-state index contributed by atoms with van der Waals surface area (Å²) in [5, 5.41) is 4.80. The molecule has 1 aliphatic heterocycles. The summed E-state index contributed by atoms with van der Waals surface area (Å²) in [6.07, 6.45) is 5.00. The number of rotatable bonds is 3. The van der Waals surface area contributed by atoms with Gasteiger partial charge in [0.15, 0.2) is 0 Å². The summed E-state index contributed by atoms with van der Waals surface area (Å²) in [7, 11) is 0. The molecule has 17 heavy (non-hydrogen) atoms. The zero-order chi connectivity index (χ0) is 12.7. The van der Waals surface area contributed by atoms with Crippen LogP contribution in [0, 0.1) is 0 Å². The first kappa shape index (κ1) is 13.0. The average molecular weight is 238 g/mol. The Kier molecular flexibility index (Phi) is 4.93. The molecular formula is C11H14N2O4. The lowest BCUT2D eigenvalue weighted by atomic mass is 10.2. The first-order valence-corrected chi connectivity index (χ1v) is 5.24. The van der Waals surface area contributed by atoms with Gasteiger partial charge < -0.3 is 9.47 Å². The fourth-order valence-corrected chi connectivity index (χ4v) is 1.08. The highest BCUT2D eigenvalue weighted by molar-refractivity contribution is 5.96. The highest BCUT2D eigenvalue weighted by atomic mass is 16.6. The van der Waals surface area contributed by atoms with Crippen LogP contribution in [0.25, 0.3) is 0 Å². The van der Waals surface area contributed by atoms with Crippen LogP contribution in [0.4, 0.5) is 4.79 Å². The Labute approximate surface area is 99.2 Å². The summed E-state index contributed by atoms with van der Waals surface area (Å²) in [4.78, 5) is 22.8. The maximum Gasteiger partial charge on any atom is 0.434 e. The van der Waals surface area contributed by atoms with E-state index in [1.165, 1.54) is 24.6 Å². The smallest absolute Gasteiger partial charge is 0.434 e. The summed E-state index contributed by atoms with van der Waals surface area (Å²) in [6.45, 7) is 3.98. The van der Waals surface area contributed by atoms with Crippen LogP contribution in [0.3, 0.4) is 0 Å². The van der Waals surface area contributed by atoms with E-state index in [4.69, 9.17) is 9.47 Å². The molecular weight excluding hydrogens is 224 g/mol. The van der Waals surface area contributed by atoms with Crippen molar-refractivity contribution in [2.45, 2.75) is 13.8 Å². The Bertz CT molecular complexity index is 385. The summed E-state index contributed by atoms with van der Waals surface area (Å²) < 4.78 is 9.59. The van der Waals surface area contributed by atoms with E-state index in [0.717, 1.165) is 5.01 Å². The van der Waals surface area contributed by atoms with E-state index in [1.807, 2.05) is 0 Å². The molecule has 1 rings (SSSR count). The average Bonchev–Trinajstić information content (AvgIpc) is 2.55. The van der Waals surface area contributed by atoms with Gasteiger partial charge >= 0.3 is 12.1 Å². The maximum atomic E-state index is 11.4. The number of allylic oxidation sites excluding steroid dienone is 1. The van der Waals surface area contributed by atoms with Crippen LogP contribution in [-0.2, 0) is 14.3 Å². The molecule has 0 radical (unpaired) electrons. The van der Waals surface area contributed by atoms with Crippen LogP contribution >= 0.6 is 0 Å². The molecule has 0 spiro atoms. The minimum atomic E-state index is -0.599. The van der Waals surface area contributed by atoms with Gasteiger partial charge in [0.25, 0.3) is 0 Å².